The largest absolute Gasteiger partial charge is 0.464 e. The Morgan fingerprint density at radius 2 is 2.00 bits per heavy atom. The third-order valence-corrected chi connectivity index (χ3v) is 4.80. The Morgan fingerprint density at radius 1 is 1.24 bits per heavy atom. The van der Waals surface area contributed by atoms with Gasteiger partial charge in [-0.2, -0.15) is 0 Å². The van der Waals surface area contributed by atoms with Crippen molar-refractivity contribution >= 4 is 23.2 Å². The molecule has 0 N–H and O–H groups in total. The van der Waals surface area contributed by atoms with Crippen LogP contribution in [0, 0.1) is 6.92 Å². The van der Waals surface area contributed by atoms with Gasteiger partial charge in [0.25, 0.3) is 5.91 Å². The summed E-state index contributed by atoms with van der Waals surface area (Å²) in [6.45, 7) is 5.15. The van der Waals surface area contributed by atoms with Gasteiger partial charge in [0.05, 0.1) is 13.7 Å². The van der Waals surface area contributed by atoms with E-state index in [1.807, 2.05) is 36.1 Å². The van der Waals surface area contributed by atoms with Crippen LogP contribution in [0.2, 0.25) is 0 Å². The number of carbonyl (C=O) groups excluding carboxylic acids is 2. The minimum atomic E-state index is -0.453. The maximum atomic E-state index is 13.0. The number of carbonyl (C=O) groups is 2. The van der Waals surface area contributed by atoms with Crippen LogP contribution < -0.4 is 0 Å². The zero-order chi connectivity index (χ0) is 18.2. The summed E-state index contributed by atoms with van der Waals surface area (Å²) >= 11 is 1.37. The van der Waals surface area contributed by atoms with E-state index in [0.717, 1.165) is 29.8 Å². The zero-order valence-electron chi connectivity index (χ0n) is 14.9. The average Bonchev–Trinajstić information content (AvgIpc) is 3.09. The first-order valence-electron chi connectivity index (χ1n) is 8.44. The van der Waals surface area contributed by atoms with Crippen LogP contribution in [-0.2, 0) is 11.3 Å². The summed E-state index contributed by atoms with van der Waals surface area (Å²) in [7, 11) is 1.33. The molecule has 1 aromatic heterocycles. The summed E-state index contributed by atoms with van der Waals surface area (Å²) in [6, 6.07) is 7.60. The number of methoxy groups -OCH3 is 1. The van der Waals surface area contributed by atoms with Gasteiger partial charge < -0.3 is 9.64 Å². The summed E-state index contributed by atoms with van der Waals surface area (Å²) in [4.78, 5) is 30.7. The molecule has 0 unspecified atom stereocenters. The molecule has 1 heterocycles. The van der Waals surface area contributed by atoms with Gasteiger partial charge in [-0.05, 0) is 25.0 Å². The van der Waals surface area contributed by atoms with E-state index in [1.54, 1.807) is 5.38 Å². The lowest BCUT2D eigenvalue weighted by atomic mass is 10.1. The molecule has 6 heteroatoms. The molecule has 0 aliphatic heterocycles. The van der Waals surface area contributed by atoms with Crippen LogP contribution >= 0.6 is 11.3 Å². The molecule has 0 fully saturated rings. The fraction of sp³-hybridized carbons (Fsp3) is 0.421. The van der Waals surface area contributed by atoms with Crippen LogP contribution in [0.15, 0.2) is 29.6 Å². The van der Waals surface area contributed by atoms with Crippen molar-refractivity contribution in [2.24, 2.45) is 0 Å². The number of aryl methyl sites for hydroxylation is 1. The maximum absolute atomic E-state index is 13.0. The van der Waals surface area contributed by atoms with Crippen LogP contribution in [0.1, 0.15) is 57.6 Å². The number of nitrogens with zero attached hydrogens (tertiary/aromatic N) is 2. The van der Waals surface area contributed by atoms with E-state index in [4.69, 9.17) is 4.74 Å². The number of amides is 1. The maximum Gasteiger partial charge on any atom is 0.357 e. The lowest BCUT2D eigenvalue weighted by molar-refractivity contribution is 0.0594. The second kappa shape index (κ2) is 9.32. The molecular formula is C19H24N2O3S. The molecule has 134 valence electrons. The average molecular weight is 360 g/mol. The highest BCUT2D eigenvalue weighted by molar-refractivity contribution is 7.09. The third kappa shape index (κ3) is 5.13. The van der Waals surface area contributed by atoms with Gasteiger partial charge in [-0.3, -0.25) is 4.79 Å². The van der Waals surface area contributed by atoms with Crippen molar-refractivity contribution in [1.29, 1.82) is 0 Å². The normalized spacial score (nSPS) is 10.5. The van der Waals surface area contributed by atoms with Crippen molar-refractivity contribution in [2.45, 2.75) is 39.7 Å². The first-order valence-corrected chi connectivity index (χ1v) is 9.32. The van der Waals surface area contributed by atoms with Gasteiger partial charge in [0.15, 0.2) is 5.69 Å². The smallest absolute Gasteiger partial charge is 0.357 e. The summed E-state index contributed by atoms with van der Waals surface area (Å²) < 4.78 is 4.69. The van der Waals surface area contributed by atoms with Crippen LogP contribution in [0.5, 0.6) is 0 Å². The van der Waals surface area contributed by atoms with E-state index in [-0.39, 0.29) is 5.91 Å². The van der Waals surface area contributed by atoms with Crippen molar-refractivity contribution in [3.63, 3.8) is 0 Å². The summed E-state index contributed by atoms with van der Waals surface area (Å²) in [5.74, 6) is -0.450. The number of hydrogen-bond donors (Lipinski definition) is 0. The van der Waals surface area contributed by atoms with Crippen molar-refractivity contribution in [3.05, 3.63) is 51.5 Å². The molecule has 25 heavy (non-hydrogen) atoms. The molecule has 0 radical (unpaired) electrons. The van der Waals surface area contributed by atoms with Crippen molar-refractivity contribution in [3.8, 4) is 0 Å². The van der Waals surface area contributed by atoms with Crippen molar-refractivity contribution in [2.75, 3.05) is 13.7 Å². The van der Waals surface area contributed by atoms with E-state index in [0.29, 0.717) is 24.3 Å². The highest BCUT2D eigenvalue weighted by atomic mass is 32.1. The number of aromatic nitrogens is 1. The van der Waals surface area contributed by atoms with Gasteiger partial charge in [-0.15, -0.1) is 11.3 Å². The predicted molar refractivity (Wildman–Crippen MR) is 98.9 cm³/mol. The Morgan fingerprint density at radius 3 is 2.68 bits per heavy atom. The summed E-state index contributed by atoms with van der Waals surface area (Å²) in [5, 5.41) is 2.41. The van der Waals surface area contributed by atoms with Crippen LogP contribution in [-0.4, -0.2) is 35.4 Å². The highest BCUT2D eigenvalue weighted by Gasteiger charge is 2.20. The first kappa shape index (κ1) is 19.1. The molecule has 0 atom stereocenters. The quantitative estimate of drug-likeness (QED) is 0.526. The van der Waals surface area contributed by atoms with Crippen molar-refractivity contribution in [1.82, 2.24) is 9.88 Å². The number of benzene rings is 1. The number of rotatable bonds is 8. The number of thiazole rings is 1. The highest BCUT2D eigenvalue weighted by Crippen LogP contribution is 2.17. The molecule has 0 saturated carbocycles. The predicted octanol–water partition coefficient (Wildman–Crippen LogP) is 4.07. The molecule has 1 aromatic carbocycles. The molecule has 1 amide bonds. The monoisotopic (exact) mass is 360 g/mol. The number of unbranched alkanes of at least 4 members (excludes halogenated alkanes) is 2. The van der Waals surface area contributed by atoms with Crippen LogP contribution in [0.4, 0.5) is 0 Å². The van der Waals surface area contributed by atoms with E-state index < -0.39 is 5.97 Å². The second-order valence-electron chi connectivity index (χ2n) is 5.87. The number of ether oxygens (including phenoxy) is 1. The van der Waals surface area contributed by atoms with Crippen LogP contribution in [0.3, 0.4) is 0 Å². The fourth-order valence-electron chi connectivity index (χ4n) is 2.53. The van der Waals surface area contributed by atoms with Gasteiger partial charge in [0.2, 0.25) is 0 Å². The number of esters is 1. The minimum absolute atomic E-state index is 0.00372. The molecule has 2 rings (SSSR count). The lowest BCUT2D eigenvalue weighted by Crippen LogP contribution is -2.32. The lowest BCUT2D eigenvalue weighted by Gasteiger charge is -2.22. The Hall–Kier alpha value is -2.21. The zero-order valence-corrected chi connectivity index (χ0v) is 15.8. The standard InChI is InChI=1S/C19H24N2O3S/c1-4-5-8-11-21(18(22)15-10-7-6-9-14(15)2)12-17-20-16(13-25-17)19(23)24-3/h6-7,9-10,13H,4-5,8,11-12H2,1-3H3. The van der Waals surface area contributed by atoms with Gasteiger partial charge in [0, 0.05) is 17.5 Å². The fourth-order valence-corrected chi connectivity index (χ4v) is 3.31. The van der Waals surface area contributed by atoms with E-state index in [9.17, 15) is 9.59 Å². The first-order chi connectivity index (χ1) is 12.1. The Balaban J connectivity index is 2.17. The van der Waals surface area contributed by atoms with Gasteiger partial charge in [-0.1, -0.05) is 38.0 Å². The Bertz CT molecular complexity index is 727. The molecule has 0 spiro atoms. The number of hydrogen-bond acceptors (Lipinski definition) is 5. The summed E-state index contributed by atoms with van der Waals surface area (Å²) in [5.41, 5.74) is 1.96. The second-order valence-corrected chi connectivity index (χ2v) is 6.81. The summed E-state index contributed by atoms with van der Waals surface area (Å²) in [6.07, 6.45) is 3.11. The molecule has 5 nitrogen and oxygen atoms in total. The molecule has 0 aliphatic carbocycles. The van der Waals surface area contributed by atoms with Gasteiger partial charge in [0.1, 0.15) is 5.01 Å². The molecule has 2 aromatic rings. The van der Waals surface area contributed by atoms with Gasteiger partial charge in [-0.25, -0.2) is 9.78 Å². The van der Waals surface area contributed by atoms with E-state index in [2.05, 4.69) is 11.9 Å². The molecule has 0 saturated heterocycles. The minimum Gasteiger partial charge on any atom is -0.464 e. The van der Waals surface area contributed by atoms with E-state index in [1.165, 1.54) is 18.4 Å². The topological polar surface area (TPSA) is 59.5 Å². The van der Waals surface area contributed by atoms with Crippen molar-refractivity contribution < 1.29 is 14.3 Å². The van der Waals surface area contributed by atoms with Gasteiger partial charge >= 0.3 is 5.97 Å². The molecule has 0 bridgehead atoms. The molecular weight excluding hydrogens is 336 g/mol. The van der Waals surface area contributed by atoms with Crippen LogP contribution in [0.25, 0.3) is 0 Å². The Kier molecular flexibility index (Phi) is 7.13. The Labute approximate surface area is 152 Å². The SMILES string of the molecule is CCCCCN(Cc1nc(C(=O)OC)cs1)C(=O)c1ccccc1C. The van der Waals surface area contributed by atoms with E-state index >= 15 is 0 Å². The third-order valence-electron chi connectivity index (χ3n) is 3.97. The molecule has 0 aliphatic rings.